The minimum absolute atomic E-state index is 0.0309. The normalized spacial score (nSPS) is 25.4. The average molecular weight is 217 g/mol. The van der Waals surface area contributed by atoms with E-state index < -0.39 is 24.1 Å². The predicted octanol–water partition coefficient (Wildman–Crippen LogP) is -1.34. The number of aliphatic hydroxyl groups excluding tert-OH is 1. The molecule has 1 saturated heterocycles. The smallest absolute Gasteiger partial charge is 0.308 e. The third kappa shape index (κ3) is 2.90. The van der Waals surface area contributed by atoms with Gasteiger partial charge in [-0.05, 0) is 6.92 Å². The van der Waals surface area contributed by atoms with Gasteiger partial charge in [0.15, 0.2) is 0 Å². The van der Waals surface area contributed by atoms with E-state index in [1.165, 1.54) is 11.8 Å². The summed E-state index contributed by atoms with van der Waals surface area (Å²) in [6.07, 6.45) is -0.0309. The molecular weight excluding hydrogens is 202 g/mol. The molecule has 3 N–H and O–H groups in total. The molecule has 0 spiro atoms. The zero-order chi connectivity index (χ0) is 11.6. The van der Waals surface area contributed by atoms with Crippen molar-refractivity contribution in [2.45, 2.75) is 18.9 Å². The van der Waals surface area contributed by atoms with Gasteiger partial charge in [0.25, 0.3) is 0 Å². The summed E-state index contributed by atoms with van der Waals surface area (Å²) in [4.78, 5) is 23.3. The van der Waals surface area contributed by atoms with Crippen LogP contribution >= 0.6 is 0 Å². The van der Waals surface area contributed by atoms with Crippen LogP contribution in [0.25, 0.3) is 0 Å². The lowest BCUT2D eigenvalue weighted by molar-refractivity contribution is -0.141. The first-order chi connectivity index (χ1) is 6.85. The standard InChI is InChI=1S/C9H15NO5/c1-9(15,5-11)4-10-3-6(8(13)14)2-7(10)12/h6,11,15H,2-5H2,1H3,(H,13,14). The molecule has 6 nitrogen and oxygen atoms in total. The van der Waals surface area contributed by atoms with Crippen LogP contribution in [-0.4, -0.2) is 57.4 Å². The van der Waals surface area contributed by atoms with Crippen molar-refractivity contribution in [3.05, 3.63) is 0 Å². The van der Waals surface area contributed by atoms with Crippen molar-refractivity contribution in [1.82, 2.24) is 4.90 Å². The van der Waals surface area contributed by atoms with Gasteiger partial charge in [-0.15, -0.1) is 0 Å². The van der Waals surface area contributed by atoms with Crippen LogP contribution in [-0.2, 0) is 9.59 Å². The first-order valence-electron chi connectivity index (χ1n) is 4.69. The van der Waals surface area contributed by atoms with Crippen LogP contribution in [0.3, 0.4) is 0 Å². The number of aliphatic carboxylic acids is 1. The van der Waals surface area contributed by atoms with E-state index in [9.17, 15) is 14.7 Å². The van der Waals surface area contributed by atoms with E-state index in [2.05, 4.69) is 0 Å². The Morgan fingerprint density at radius 1 is 1.67 bits per heavy atom. The number of carbonyl (C=O) groups is 2. The van der Waals surface area contributed by atoms with Gasteiger partial charge >= 0.3 is 5.97 Å². The number of aliphatic hydroxyl groups is 2. The Hall–Kier alpha value is -1.14. The highest BCUT2D eigenvalue weighted by molar-refractivity contribution is 5.86. The van der Waals surface area contributed by atoms with Gasteiger partial charge in [-0.1, -0.05) is 0 Å². The molecule has 0 radical (unpaired) electrons. The molecule has 86 valence electrons. The number of hydrogen-bond donors (Lipinski definition) is 3. The van der Waals surface area contributed by atoms with Crippen molar-refractivity contribution in [2.24, 2.45) is 5.92 Å². The van der Waals surface area contributed by atoms with Gasteiger partial charge < -0.3 is 20.2 Å². The van der Waals surface area contributed by atoms with Gasteiger partial charge in [-0.3, -0.25) is 9.59 Å². The molecule has 0 aromatic rings. The molecule has 6 heteroatoms. The zero-order valence-corrected chi connectivity index (χ0v) is 8.51. The lowest BCUT2D eigenvalue weighted by atomic mass is 10.1. The molecule has 0 bridgehead atoms. The number of carboxylic acids is 1. The fraction of sp³-hybridized carbons (Fsp3) is 0.778. The van der Waals surface area contributed by atoms with Gasteiger partial charge in [0, 0.05) is 13.0 Å². The molecule has 2 unspecified atom stereocenters. The Balaban J connectivity index is 2.58. The van der Waals surface area contributed by atoms with Gasteiger partial charge in [0.05, 0.1) is 19.1 Å². The molecule has 1 fully saturated rings. The molecule has 0 aliphatic carbocycles. The van der Waals surface area contributed by atoms with Gasteiger partial charge in [0.1, 0.15) is 5.60 Å². The lowest BCUT2D eigenvalue weighted by Gasteiger charge is -2.27. The molecule has 0 aromatic carbocycles. The van der Waals surface area contributed by atoms with Crippen molar-refractivity contribution in [3.63, 3.8) is 0 Å². The van der Waals surface area contributed by atoms with Crippen LogP contribution in [0, 0.1) is 5.92 Å². The van der Waals surface area contributed by atoms with Crippen LogP contribution in [0.15, 0.2) is 0 Å². The molecule has 15 heavy (non-hydrogen) atoms. The van der Waals surface area contributed by atoms with Gasteiger partial charge in [-0.25, -0.2) is 0 Å². The fourth-order valence-corrected chi connectivity index (χ4v) is 1.55. The molecule has 1 heterocycles. The van der Waals surface area contributed by atoms with E-state index in [0.29, 0.717) is 0 Å². The summed E-state index contributed by atoms with van der Waals surface area (Å²) in [6.45, 7) is 0.999. The molecule has 0 saturated carbocycles. The summed E-state index contributed by atoms with van der Waals surface area (Å²) < 4.78 is 0. The number of carbonyl (C=O) groups excluding carboxylic acids is 1. The number of amides is 1. The van der Waals surface area contributed by atoms with E-state index in [1.807, 2.05) is 0 Å². The number of β-amino-alcohol motifs (C(OH)–C–C–N with tert-alkyl or cyclic N) is 1. The largest absolute Gasteiger partial charge is 0.481 e. The number of carboxylic acid groups (broad SMARTS) is 1. The molecular formula is C9H15NO5. The van der Waals surface area contributed by atoms with Crippen LogP contribution in [0.1, 0.15) is 13.3 Å². The highest BCUT2D eigenvalue weighted by atomic mass is 16.4. The second-order valence-corrected chi connectivity index (χ2v) is 4.17. The van der Waals surface area contributed by atoms with Gasteiger partial charge in [-0.2, -0.15) is 0 Å². The number of likely N-dealkylation sites (tertiary alicyclic amines) is 1. The zero-order valence-electron chi connectivity index (χ0n) is 8.51. The second-order valence-electron chi connectivity index (χ2n) is 4.17. The summed E-state index contributed by atoms with van der Waals surface area (Å²) in [7, 11) is 0. The predicted molar refractivity (Wildman–Crippen MR) is 50.0 cm³/mol. The molecule has 1 rings (SSSR count). The summed E-state index contributed by atoms with van der Waals surface area (Å²) in [5.41, 5.74) is -1.37. The Morgan fingerprint density at radius 2 is 2.27 bits per heavy atom. The molecule has 0 aromatic heterocycles. The van der Waals surface area contributed by atoms with Crippen molar-refractivity contribution in [3.8, 4) is 0 Å². The number of rotatable bonds is 4. The molecule has 1 aliphatic heterocycles. The minimum atomic E-state index is -1.37. The van der Waals surface area contributed by atoms with Crippen LogP contribution in [0.4, 0.5) is 0 Å². The van der Waals surface area contributed by atoms with E-state index in [1.54, 1.807) is 0 Å². The summed E-state index contributed by atoms with van der Waals surface area (Å²) in [5, 5.41) is 27.1. The second kappa shape index (κ2) is 4.16. The average Bonchev–Trinajstić information content (AvgIpc) is 2.47. The number of hydrogen-bond acceptors (Lipinski definition) is 4. The van der Waals surface area contributed by atoms with Gasteiger partial charge in [0.2, 0.25) is 5.91 Å². The van der Waals surface area contributed by atoms with Crippen LogP contribution < -0.4 is 0 Å². The maximum Gasteiger partial charge on any atom is 0.308 e. The summed E-state index contributed by atoms with van der Waals surface area (Å²) in [5.74, 6) is -2.00. The maximum absolute atomic E-state index is 11.4. The summed E-state index contributed by atoms with van der Waals surface area (Å²) in [6, 6.07) is 0. The molecule has 2 atom stereocenters. The van der Waals surface area contributed by atoms with Crippen molar-refractivity contribution in [1.29, 1.82) is 0 Å². The Bertz CT molecular complexity index is 276. The van der Waals surface area contributed by atoms with Crippen LogP contribution in [0.2, 0.25) is 0 Å². The van der Waals surface area contributed by atoms with Crippen molar-refractivity contribution < 1.29 is 24.9 Å². The summed E-state index contributed by atoms with van der Waals surface area (Å²) >= 11 is 0. The third-order valence-corrected chi connectivity index (χ3v) is 2.44. The van der Waals surface area contributed by atoms with E-state index in [-0.39, 0.29) is 25.4 Å². The molecule has 1 aliphatic rings. The number of nitrogens with zero attached hydrogens (tertiary/aromatic N) is 1. The maximum atomic E-state index is 11.4. The fourth-order valence-electron chi connectivity index (χ4n) is 1.55. The minimum Gasteiger partial charge on any atom is -0.481 e. The Morgan fingerprint density at radius 3 is 2.67 bits per heavy atom. The van der Waals surface area contributed by atoms with Crippen molar-refractivity contribution in [2.75, 3.05) is 19.7 Å². The highest BCUT2D eigenvalue weighted by Crippen LogP contribution is 2.20. The van der Waals surface area contributed by atoms with Crippen LogP contribution in [0.5, 0.6) is 0 Å². The SMILES string of the molecule is CC(O)(CO)CN1CC(C(=O)O)CC1=O. The van der Waals surface area contributed by atoms with Crippen molar-refractivity contribution >= 4 is 11.9 Å². The van der Waals surface area contributed by atoms with E-state index >= 15 is 0 Å². The third-order valence-electron chi connectivity index (χ3n) is 2.44. The van der Waals surface area contributed by atoms with E-state index in [0.717, 1.165) is 0 Å². The first-order valence-corrected chi connectivity index (χ1v) is 4.69. The highest BCUT2D eigenvalue weighted by Gasteiger charge is 2.37. The topological polar surface area (TPSA) is 98.1 Å². The quantitative estimate of drug-likeness (QED) is 0.541. The molecule has 1 amide bonds. The van der Waals surface area contributed by atoms with E-state index in [4.69, 9.17) is 10.2 Å². The monoisotopic (exact) mass is 217 g/mol. The first kappa shape index (κ1) is 11.9. The Kier molecular flexibility index (Phi) is 3.31. The lowest BCUT2D eigenvalue weighted by Crippen LogP contribution is -2.44. The Labute approximate surface area is 87.1 Å².